The lowest BCUT2D eigenvalue weighted by molar-refractivity contribution is 0.0903. The largest absolute Gasteiger partial charge is 0.292 e. The summed E-state index contributed by atoms with van der Waals surface area (Å²) >= 11 is 0. The molecule has 80 valence electrons. The van der Waals surface area contributed by atoms with Crippen LogP contribution in [0.1, 0.15) is 48.7 Å². The minimum absolute atomic E-state index is 0.214. The van der Waals surface area contributed by atoms with Crippen LogP contribution in [0.25, 0.3) is 0 Å². The normalized spacial score (nSPS) is 20.9. The molecule has 0 aromatic carbocycles. The van der Waals surface area contributed by atoms with Crippen molar-refractivity contribution in [1.29, 1.82) is 0 Å². The fourth-order valence-electron chi connectivity index (χ4n) is 2.35. The smallest absolute Gasteiger partial charge is 0.184 e. The van der Waals surface area contributed by atoms with E-state index in [-0.39, 0.29) is 11.7 Å². The highest BCUT2D eigenvalue weighted by Gasteiger charge is 2.25. The lowest BCUT2D eigenvalue weighted by Crippen LogP contribution is -2.15. The van der Waals surface area contributed by atoms with E-state index in [1.807, 2.05) is 12.1 Å². The molecule has 2 nitrogen and oxygen atoms in total. The average Bonchev–Trinajstić information content (AvgIpc) is 2.41. The van der Waals surface area contributed by atoms with Crippen LogP contribution in [0.5, 0.6) is 0 Å². The maximum Gasteiger partial charge on any atom is 0.184 e. The summed E-state index contributed by atoms with van der Waals surface area (Å²) in [6, 6.07) is 3.96. The van der Waals surface area contributed by atoms with Gasteiger partial charge in [0.15, 0.2) is 5.78 Å². The Hall–Kier alpha value is -1.18. The Morgan fingerprint density at radius 3 is 3.20 bits per heavy atom. The first-order valence-corrected chi connectivity index (χ1v) is 5.81. The molecule has 1 aliphatic carbocycles. The Morgan fingerprint density at radius 2 is 2.40 bits per heavy atom. The van der Waals surface area contributed by atoms with E-state index < -0.39 is 0 Å². The van der Waals surface area contributed by atoms with Gasteiger partial charge in [0, 0.05) is 12.1 Å². The molecule has 0 amide bonds. The third-order valence-corrected chi connectivity index (χ3v) is 3.13. The van der Waals surface area contributed by atoms with Crippen LogP contribution < -0.4 is 0 Å². The summed E-state index contributed by atoms with van der Waals surface area (Å²) in [6.07, 6.45) is 6.98. The maximum atomic E-state index is 12.2. The number of fused-ring (bicyclic) bond motifs is 1. The van der Waals surface area contributed by atoms with Crippen LogP contribution in [0.15, 0.2) is 18.3 Å². The standard InChI is InChI=1S/C13H17NO/c1-2-5-11-7-3-6-10-8-4-9-14-12(10)13(11)15/h4,8-9,11H,2-3,5-7H2,1H3. The second kappa shape index (κ2) is 4.56. The number of carbonyl (C=O) groups is 1. The number of aromatic nitrogens is 1. The van der Waals surface area contributed by atoms with Crippen LogP contribution in [0, 0.1) is 5.92 Å². The molecular weight excluding hydrogens is 186 g/mol. The van der Waals surface area contributed by atoms with Gasteiger partial charge < -0.3 is 0 Å². The van der Waals surface area contributed by atoms with Gasteiger partial charge in [-0.25, -0.2) is 0 Å². The maximum absolute atomic E-state index is 12.2. The lowest BCUT2D eigenvalue weighted by Gasteiger charge is -2.10. The number of nitrogens with zero attached hydrogens (tertiary/aromatic N) is 1. The number of Topliss-reactive ketones (excluding diaryl/α,β-unsaturated/α-hetero) is 1. The van der Waals surface area contributed by atoms with Gasteiger partial charge in [-0.3, -0.25) is 9.78 Å². The minimum atomic E-state index is 0.214. The summed E-state index contributed by atoms with van der Waals surface area (Å²) in [6.45, 7) is 2.14. The molecule has 1 aromatic rings. The number of rotatable bonds is 2. The number of pyridine rings is 1. The molecule has 2 rings (SSSR count). The van der Waals surface area contributed by atoms with Gasteiger partial charge in [0.2, 0.25) is 0 Å². The monoisotopic (exact) mass is 203 g/mol. The van der Waals surface area contributed by atoms with Crippen molar-refractivity contribution in [2.75, 3.05) is 0 Å². The SMILES string of the molecule is CCCC1CCCc2cccnc2C1=O. The van der Waals surface area contributed by atoms with Gasteiger partial charge in [-0.05, 0) is 37.3 Å². The van der Waals surface area contributed by atoms with E-state index in [0.29, 0.717) is 0 Å². The molecule has 0 spiro atoms. The predicted molar refractivity (Wildman–Crippen MR) is 59.9 cm³/mol. The van der Waals surface area contributed by atoms with Crippen LogP contribution in [0.3, 0.4) is 0 Å². The lowest BCUT2D eigenvalue weighted by atomic mass is 9.93. The van der Waals surface area contributed by atoms with Gasteiger partial charge in [0.05, 0.1) is 0 Å². The zero-order valence-corrected chi connectivity index (χ0v) is 9.20. The summed E-state index contributed by atoms with van der Waals surface area (Å²) in [5.41, 5.74) is 1.87. The van der Waals surface area contributed by atoms with E-state index >= 15 is 0 Å². The Morgan fingerprint density at radius 1 is 1.53 bits per heavy atom. The second-order valence-corrected chi connectivity index (χ2v) is 4.25. The van der Waals surface area contributed by atoms with Gasteiger partial charge in [0.25, 0.3) is 0 Å². The van der Waals surface area contributed by atoms with Gasteiger partial charge in [-0.15, -0.1) is 0 Å². The fraction of sp³-hybridized carbons (Fsp3) is 0.538. The molecule has 15 heavy (non-hydrogen) atoms. The zero-order chi connectivity index (χ0) is 10.7. The molecular formula is C13H17NO. The third-order valence-electron chi connectivity index (χ3n) is 3.13. The Labute approximate surface area is 90.7 Å². The molecule has 0 fully saturated rings. The van der Waals surface area contributed by atoms with Crippen molar-refractivity contribution in [2.24, 2.45) is 5.92 Å². The van der Waals surface area contributed by atoms with Crippen LogP contribution in [-0.4, -0.2) is 10.8 Å². The Balaban J connectivity index is 2.30. The molecule has 1 aromatic heterocycles. The van der Waals surface area contributed by atoms with Crippen molar-refractivity contribution in [3.63, 3.8) is 0 Å². The topological polar surface area (TPSA) is 30.0 Å². The van der Waals surface area contributed by atoms with Crippen molar-refractivity contribution in [3.05, 3.63) is 29.6 Å². The van der Waals surface area contributed by atoms with Crippen LogP contribution in [0.4, 0.5) is 0 Å². The van der Waals surface area contributed by atoms with Gasteiger partial charge >= 0.3 is 0 Å². The molecule has 0 radical (unpaired) electrons. The first-order chi connectivity index (χ1) is 7.33. The number of aryl methyl sites for hydroxylation is 1. The van der Waals surface area contributed by atoms with Crippen molar-refractivity contribution < 1.29 is 4.79 Å². The second-order valence-electron chi connectivity index (χ2n) is 4.25. The highest BCUT2D eigenvalue weighted by atomic mass is 16.1. The van der Waals surface area contributed by atoms with Crippen molar-refractivity contribution in [1.82, 2.24) is 4.98 Å². The van der Waals surface area contributed by atoms with Gasteiger partial charge in [-0.2, -0.15) is 0 Å². The highest BCUT2D eigenvalue weighted by Crippen LogP contribution is 2.25. The molecule has 0 bridgehead atoms. The number of ketones is 1. The van der Waals surface area contributed by atoms with E-state index in [9.17, 15) is 4.79 Å². The molecule has 1 atom stereocenters. The average molecular weight is 203 g/mol. The third kappa shape index (κ3) is 2.09. The quantitative estimate of drug-likeness (QED) is 0.691. The van der Waals surface area contributed by atoms with Gasteiger partial charge in [0.1, 0.15) is 5.69 Å². The molecule has 1 aliphatic rings. The molecule has 0 saturated carbocycles. The highest BCUT2D eigenvalue weighted by molar-refractivity contribution is 5.97. The molecule has 0 saturated heterocycles. The van der Waals surface area contributed by atoms with Crippen LogP contribution >= 0.6 is 0 Å². The van der Waals surface area contributed by atoms with E-state index in [0.717, 1.165) is 43.4 Å². The van der Waals surface area contributed by atoms with E-state index in [1.54, 1.807) is 6.20 Å². The Bertz CT molecular complexity index is 359. The molecule has 1 unspecified atom stereocenters. The molecule has 0 aliphatic heterocycles. The Kier molecular flexibility index (Phi) is 3.14. The van der Waals surface area contributed by atoms with Crippen molar-refractivity contribution in [2.45, 2.75) is 39.0 Å². The van der Waals surface area contributed by atoms with E-state index in [1.165, 1.54) is 0 Å². The minimum Gasteiger partial charge on any atom is -0.292 e. The predicted octanol–water partition coefficient (Wildman–Crippen LogP) is 3.02. The number of hydrogen-bond acceptors (Lipinski definition) is 2. The number of hydrogen-bond donors (Lipinski definition) is 0. The summed E-state index contributed by atoms with van der Waals surface area (Å²) in [4.78, 5) is 16.4. The van der Waals surface area contributed by atoms with Crippen LogP contribution in [0.2, 0.25) is 0 Å². The van der Waals surface area contributed by atoms with Gasteiger partial charge in [-0.1, -0.05) is 19.4 Å². The van der Waals surface area contributed by atoms with Crippen LogP contribution in [-0.2, 0) is 6.42 Å². The molecule has 0 N–H and O–H groups in total. The van der Waals surface area contributed by atoms with E-state index in [4.69, 9.17) is 0 Å². The first-order valence-electron chi connectivity index (χ1n) is 5.81. The zero-order valence-electron chi connectivity index (χ0n) is 9.20. The number of carbonyl (C=O) groups excluding carboxylic acids is 1. The van der Waals surface area contributed by atoms with Crippen molar-refractivity contribution >= 4 is 5.78 Å². The summed E-state index contributed by atoms with van der Waals surface area (Å²) in [5.74, 6) is 0.482. The fourth-order valence-corrected chi connectivity index (χ4v) is 2.35. The molecule has 1 heterocycles. The molecule has 2 heteroatoms. The summed E-state index contributed by atoms with van der Waals surface area (Å²) in [5, 5.41) is 0. The first kappa shape index (κ1) is 10.3. The summed E-state index contributed by atoms with van der Waals surface area (Å²) < 4.78 is 0. The van der Waals surface area contributed by atoms with E-state index in [2.05, 4.69) is 11.9 Å². The van der Waals surface area contributed by atoms with Crippen molar-refractivity contribution in [3.8, 4) is 0 Å². The summed E-state index contributed by atoms with van der Waals surface area (Å²) in [7, 11) is 0.